The molecule has 124 valence electrons. The van der Waals surface area contributed by atoms with Crippen molar-refractivity contribution in [2.45, 2.75) is 19.6 Å². The van der Waals surface area contributed by atoms with Crippen LogP contribution in [0.5, 0.6) is 0 Å². The van der Waals surface area contributed by atoms with E-state index in [1.807, 2.05) is 48.7 Å². The molecule has 1 saturated heterocycles. The average Bonchev–Trinajstić information content (AvgIpc) is 2.99. The van der Waals surface area contributed by atoms with Crippen LogP contribution in [0.15, 0.2) is 54.1 Å². The summed E-state index contributed by atoms with van der Waals surface area (Å²) in [5.74, 6) is -1.07. The summed E-state index contributed by atoms with van der Waals surface area (Å²) in [5, 5.41) is 7.34. The third-order valence-electron chi connectivity index (χ3n) is 3.93. The first-order valence-corrected chi connectivity index (χ1v) is 8.45. The van der Waals surface area contributed by atoms with Crippen molar-refractivity contribution < 1.29 is 14.3 Å². The molecule has 0 radical (unpaired) electrons. The van der Waals surface area contributed by atoms with Gasteiger partial charge in [0.15, 0.2) is 0 Å². The second kappa shape index (κ2) is 6.88. The zero-order valence-corrected chi connectivity index (χ0v) is 14.1. The van der Waals surface area contributed by atoms with Gasteiger partial charge in [0, 0.05) is 10.6 Å². The Morgan fingerprint density at radius 2 is 2.04 bits per heavy atom. The Balaban J connectivity index is 1.79. The standard InChI is InChI=1S/C18H18N2O3S/c1-11-8-9-24-16(11)15-14(12(2)19-18(22)20-15)17(21)23-10-13-6-4-3-5-7-13/h3-9,14-15H,2,10H2,1H3,(H2,19,20,22). The van der Waals surface area contributed by atoms with Crippen molar-refractivity contribution in [1.82, 2.24) is 10.6 Å². The van der Waals surface area contributed by atoms with Gasteiger partial charge in [-0.25, -0.2) is 4.79 Å². The van der Waals surface area contributed by atoms with Crippen LogP contribution in [0.1, 0.15) is 22.0 Å². The normalized spacial score (nSPS) is 20.2. The predicted octanol–water partition coefficient (Wildman–Crippen LogP) is 3.28. The van der Waals surface area contributed by atoms with Crippen LogP contribution in [0, 0.1) is 12.8 Å². The first-order valence-electron chi connectivity index (χ1n) is 7.57. The van der Waals surface area contributed by atoms with Gasteiger partial charge in [-0.2, -0.15) is 0 Å². The van der Waals surface area contributed by atoms with Crippen LogP contribution in [-0.4, -0.2) is 12.0 Å². The Morgan fingerprint density at radius 3 is 2.71 bits per heavy atom. The Kier molecular flexibility index (Phi) is 4.66. The van der Waals surface area contributed by atoms with Crippen molar-refractivity contribution in [2.24, 2.45) is 5.92 Å². The molecule has 0 aliphatic carbocycles. The molecule has 1 aliphatic heterocycles. The lowest BCUT2D eigenvalue weighted by molar-refractivity contribution is -0.149. The topological polar surface area (TPSA) is 67.4 Å². The molecule has 2 unspecified atom stereocenters. The Hall–Kier alpha value is -2.60. The van der Waals surface area contributed by atoms with E-state index < -0.39 is 17.9 Å². The lowest BCUT2D eigenvalue weighted by Gasteiger charge is -2.32. The minimum atomic E-state index is -0.663. The van der Waals surface area contributed by atoms with Gasteiger partial charge >= 0.3 is 12.0 Å². The maximum atomic E-state index is 12.6. The molecule has 0 bridgehead atoms. The molecule has 2 heterocycles. The molecular formula is C18H18N2O3S. The van der Waals surface area contributed by atoms with Crippen LogP contribution in [0.2, 0.25) is 0 Å². The van der Waals surface area contributed by atoms with E-state index in [-0.39, 0.29) is 12.6 Å². The zero-order chi connectivity index (χ0) is 17.1. The lowest BCUT2D eigenvalue weighted by Crippen LogP contribution is -2.51. The van der Waals surface area contributed by atoms with Crippen molar-refractivity contribution in [2.75, 3.05) is 0 Å². The number of urea groups is 1. The molecule has 1 aliphatic rings. The van der Waals surface area contributed by atoms with Gasteiger partial charge in [0.2, 0.25) is 0 Å². The number of carbonyl (C=O) groups is 2. The highest BCUT2D eigenvalue weighted by molar-refractivity contribution is 7.10. The number of thiophene rings is 1. The lowest BCUT2D eigenvalue weighted by atomic mass is 9.92. The van der Waals surface area contributed by atoms with Crippen LogP contribution in [-0.2, 0) is 16.1 Å². The summed E-state index contributed by atoms with van der Waals surface area (Å²) in [4.78, 5) is 25.4. The summed E-state index contributed by atoms with van der Waals surface area (Å²) < 4.78 is 5.45. The third kappa shape index (κ3) is 3.33. The fourth-order valence-electron chi connectivity index (χ4n) is 2.70. The van der Waals surface area contributed by atoms with Crippen molar-refractivity contribution in [1.29, 1.82) is 0 Å². The quantitative estimate of drug-likeness (QED) is 0.838. The number of rotatable bonds is 4. The number of hydrogen-bond donors (Lipinski definition) is 2. The van der Waals surface area contributed by atoms with Crippen molar-refractivity contribution in [3.05, 3.63) is 70.1 Å². The highest BCUT2D eigenvalue weighted by Gasteiger charge is 2.40. The molecule has 1 fully saturated rings. The number of carbonyl (C=O) groups excluding carboxylic acids is 2. The van der Waals surface area contributed by atoms with Gasteiger partial charge in [0.25, 0.3) is 0 Å². The van der Waals surface area contributed by atoms with Gasteiger partial charge in [-0.15, -0.1) is 11.3 Å². The summed E-state index contributed by atoms with van der Waals surface area (Å²) in [6.07, 6.45) is 0. The number of esters is 1. The van der Waals surface area contributed by atoms with E-state index in [4.69, 9.17) is 4.74 Å². The summed E-state index contributed by atoms with van der Waals surface area (Å²) in [7, 11) is 0. The molecule has 24 heavy (non-hydrogen) atoms. The molecule has 2 N–H and O–H groups in total. The van der Waals surface area contributed by atoms with Gasteiger partial charge in [0.05, 0.1) is 6.04 Å². The van der Waals surface area contributed by atoms with E-state index in [0.717, 1.165) is 16.0 Å². The summed E-state index contributed by atoms with van der Waals surface area (Å²) in [6.45, 7) is 5.99. The highest BCUT2D eigenvalue weighted by atomic mass is 32.1. The van der Waals surface area contributed by atoms with Crippen LogP contribution < -0.4 is 10.6 Å². The van der Waals surface area contributed by atoms with Crippen LogP contribution in [0.25, 0.3) is 0 Å². The molecule has 2 aromatic rings. The average molecular weight is 342 g/mol. The van der Waals surface area contributed by atoms with Crippen LogP contribution >= 0.6 is 11.3 Å². The van der Waals surface area contributed by atoms with Crippen molar-refractivity contribution in [3.63, 3.8) is 0 Å². The number of nitrogens with one attached hydrogen (secondary N) is 2. The monoisotopic (exact) mass is 342 g/mol. The van der Waals surface area contributed by atoms with E-state index in [9.17, 15) is 9.59 Å². The van der Waals surface area contributed by atoms with Gasteiger partial charge in [-0.3, -0.25) is 4.79 Å². The van der Waals surface area contributed by atoms with Gasteiger partial charge in [0.1, 0.15) is 12.5 Å². The number of hydrogen-bond acceptors (Lipinski definition) is 4. The molecule has 6 heteroatoms. The summed E-state index contributed by atoms with van der Waals surface area (Å²) >= 11 is 1.50. The predicted molar refractivity (Wildman–Crippen MR) is 92.3 cm³/mol. The van der Waals surface area contributed by atoms with E-state index in [1.165, 1.54) is 11.3 Å². The molecule has 2 amide bonds. The number of ether oxygens (including phenoxy) is 1. The molecule has 5 nitrogen and oxygen atoms in total. The van der Waals surface area contributed by atoms with E-state index in [2.05, 4.69) is 17.2 Å². The molecular weight excluding hydrogens is 324 g/mol. The molecule has 0 spiro atoms. The highest BCUT2D eigenvalue weighted by Crippen LogP contribution is 2.35. The zero-order valence-electron chi connectivity index (χ0n) is 13.2. The summed E-state index contributed by atoms with van der Waals surface area (Å²) in [5.41, 5.74) is 2.29. The van der Waals surface area contributed by atoms with Crippen LogP contribution in [0.3, 0.4) is 0 Å². The molecule has 1 aromatic heterocycles. The van der Waals surface area contributed by atoms with Gasteiger partial charge in [-0.05, 0) is 29.5 Å². The SMILES string of the molecule is C=C1NC(=O)NC(c2sccc2C)C1C(=O)OCc1ccccc1. The first kappa shape index (κ1) is 16.3. The van der Waals surface area contributed by atoms with E-state index in [0.29, 0.717) is 5.70 Å². The van der Waals surface area contributed by atoms with Gasteiger partial charge < -0.3 is 15.4 Å². The van der Waals surface area contributed by atoms with E-state index in [1.54, 1.807) is 0 Å². The molecule has 2 atom stereocenters. The first-order chi connectivity index (χ1) is 11.6. The number of amides is 2. The molecule has 1 aromatic carbocycles. The summed E-state index contributed by atoms with van der Waals surface area (Å²) in [6, 6.07) is 10.6. The number of aryl methyl sites for hydroxylation is 1. The molecule has 0 saturated carbocycles. The minimum Gasteiger partial charge on any atom is -0.460 e. The van der Waals surface area contributed by atoms with Crippen molar-refractivity contribution in [3.8, 4) is 0 Å². The minimum absolute atomic E-state index is 0.188. The maximum absolute atomic E-state index is 12.6. The second-order valence-corrected chi connectivity index (χ2v) is 6.59. The Morgan fingerprint density at radius 1 is 1.29 bits per heavy atom. The fourth-order valence-corrected chi connectivity index (χ4v) is 3.72. The Bertz CT molecular complexity index is 770. The van der Waals surface area contributed by atoms with Crippen LogP contribution in [0.4, 0.5) is 4.79 Å². The third-order valence-corrected chi connectivity index (χ3v) is 5.03. The Labute approximate surface area is 144 Å². The van der Waals surface area contributed by atoms with E-state index >= 15 is 0 Å². The maximum Gasteiger partial charge on any atom is 0.319 e. The second-order valence-electron chi connectivity index (χ2n) is 5.64. The number of benzene rings is 1. The van der Waals surface area contributed by atoms with Gasteiger partial charge in [-0.1, -0.05) is 36.9 Å². The largest absolute Gasteiger partial charge is 0.460 e. The van der Waals surface area contributed by atoms with Crippen molar-refractivity contribution >= 4 is 23.3 Å². The molecule has 3 rings (SSSR count). The fraction of sp³-hybridized carbons (Fsp3) is 0.222. The smallest absolute Gasteiger partial charge is 0.319 e.